The predicted molar refractivity (Wildman–Crippen MR) is 104 cm³/mol. The lowest BCUT2D eigenvalue weighted by atomic mass is 10.1. The average Bonchev–Trinajstić information content (AvgIpc) is 2.68. The van der Waals surface area contributed by atoms with E-state index >= 15 is 0 Å². The number of carbonyl (C=O) groups is 1. The van der Waals surface area contributed by atoms with Crippen molar-refractivity contribution in [3.8, 4) is 11.5 Å². The number of benzene rings is 2. The van der Waals surface area contributed by atoms with Crippen molar-refractivity contribution >= 4 is 5.91 Å². The molecule has 2 aromatic rings. The van der Waals surface area contributed by atoms with E-state index in [0.29, 0.717) is 6.54 Å². The first kappa shape index (κ1) is 21.6. The van der Waals surface area contributed by atoms with Gasteiger partial charge in [0.25, 0.3) is 0 Å². The molecule has 152 valence electrons. The largest absolute Gasteiger partial charge is 0.496 e. The molecule has 28 heavy (non-hydrogen) atoms. The molecule has 0 saturated carbocycles. The van der Waals surface area contributed by atoms with Crippen molar-refractivity contribution in [1.82, 2.24) is 10.2 Å². The monoisotopic (exact) mass is 392 g/mol. The molecule has 1 N–H and O–H groups in total. The van der Waals surface area contributed by atoms with E-state index in [-0.39, 0.29) is 23.7 Å². The number of methoxy groups -OCH3 is 1. The van der Waals surface area contributed by atoms with Crippen LogP contribution in [0.1, 0.15) is 31.0 Å². The van der Waals surface area contributed by atoms with E-state index < -0.39 is 6.61 Å². The van der Waals surface area contributed by atoms with Crippen LogP contribution in [-0.2, 0) is 11.3 Å². The fourth-order valence-electron chi connectivity index (χ4n) is 2.84. The molecular weight excluding hydrogens is 366 g/mol. The number of alkyl halides is 2. The summed E-state index contributed by atoms with van der Waals surface area (Å²) in [6.07, 6.45) is 0. The third kappa shape index (κ3) is 5.92. The minimum absolute atomic E-state index is 0.109. The second-order valence-electron chi connectivity index (χ2n) is 6.59. The summed E-state index contributed by atoms with van der Waals surface area (Å²) in [6.45, 7) is 1.37. The van der Waals surface area contributed by atoms with Crippen LogP contribution in [0.5, 0.6) is 11.5 Å². The molecule has 0 aliphatic heterocycles. The SMILES string of the molecule is COc1ccccc1C(C)NC(=O)C(C)N(C)Cc1ccc(OC(F)F)cc1. The highest BCUT2D eigenvalue weighted by molar-refractivity contribution is 5.81. The van der Waals surface area contributed by atoms with Crippen LogP contribution < -0.4 is 14.8 Å². The second-order valence-corrected chi connectivity index (χ2v) is 6.59. The lowest BCUT2D eigenvalue weighted by Gasteiger charge is -2.26. The van der Waals surface area contributed by atoms with Crippen LogP contribution in [0.4, 0.5) is 8.78 Å². The summed E-state index contributed by atoms with van der Waals surface area (Å²) in [5.41, 5.74) is 1.80. The van der Waals surface area contributed by atoms with Gasteiger partial charge in [-0.25, -0.2) is 0 Å². The van der Waals surface area contributed by atoms with Crippen LogP contribution in [0.3, 0.4) is 0 Å². The van der Waals surface area contributed by atoms with Gasteiger partial charge in [0.2, 0.25) is 5.91 Å². The molecule has 0 fully saturated rings. The highest BCUT2D eigenvalue weighted by Gasteiger charge is 2.21. The molecular formula is C21H26F2N2O3. The number of amides is 1. The normalized spacial score (nSPS) is 13.3. The van der Waals surface area contributed by atoms with Gasteiger partial charge in [-0.1, -0.05) is 30.3 Å². The van der Waals surface area contributed by atoms with Crippen LogP contribution in [-0.4, -0.2) is 37.6 Å². The van der Waals surface area contributed by atoms with E-state index in [9.17, 15) is 13.6 Å². The molecule has 0 aliphatic rings. The lowest BCUT2D eigenvalue weighted by molar-refractivity contribution is -0.126. The molecule has 0 heterocycles. The first-order valence-corrected chi connectivity index (χ1v) is 8.99. The zero-order chi connectivity index (χ0) is 20.7. The van der Waals surface area contributed by atoms with Gasteiger partial charge in [-0.2, -0.15) is 8.78 Å². The molecule has 0 aromatic heterocycles. The van der Waals surface area contributed by atoms with Gasteiger partial charge in [0.05, 0.1) is 19.2 Å². The van der Waals surface area contributed by atoms with Crippen LogP contribution in [0.25, 0.3) is 0 Å². The molecule has 2 unspecified atom stereocenters. The first-order chi connectivity index (χ1) is 13.3. The summed E-state index contributed by atoms with van der Waals surface area (Å²) in [4.78, 5) is 14.5. The topological polar surface area (TPSA) is 50.8 Å². The second kappa shape index (κ2) is 10.0. The van der Waals surface area contributed by atoms with Gasteiger partial charge in [-0.05, 0) is 44.7 Å². The van der Waals surface area contributed by atoms with Gasteiger partial charge in [0, 0.05) is 12.1 Å². The summed E-state index contributed by atoms with van der Waals surface area (Å²) in [6, 6.07) is 13.4. The maximum atomic E-state index is 12.6. The molecule has 0 spiro atoms. The highest BCUT2D eigenvalue weighted by Crippen LogP contribution is 2.24. The number of ether oxygens (including phenoxy) is 2. The van der Waals surface area contributed by atoms with Crippen molar-refractivity contribution in [2.24, 2.45) is 0 Å². The molecule has 0 radical (unpaired) electrons. The smallest absolute Gasteiger partial charge is 0.387 e. The maximum Gasteiger partial charge on any atom is 0.387 e. The Morgan fingerprint density at radius 2 is 1.75 bits per heavy atom. The minimum atomic E-state index is -2.84. The van der Waals surface area contributed by atoms with Crippen molar-refractivity contribution in [2.45, 2.75) is 39.1 Å². The van der Waals surface area contributed by atoms with Gasteiger partial charge in [-0.15, -0.1) is 0 Å². The van der Waals surface area contributed by atoms with Gasteiger partial charge in [0.1, 0.15) is 11.5 Å². The summed E-state index contributed by atoms with van der Waals surface area (Å²) in [5, 5.41) is 3.00. The maximum absolute atomic E-state index is 12.6. The zero-order valence-electron chi connectivity index (χ0n) is 16.5. The number of rotatable bonds is 9. The molecule has 2 rings (SSSR count). The van der Waals surface area contributed by atoms with Crippen molar-refractivity contribution in [1.29, 1.82) is 0 Å². The lowest BCUT2D eigenvalue weighted by Crippen LogP contribution is -2.43. The van der Waals surface area contributed by atoms with Crippen molar-refractivity contribution in [3.05, 3.63) is 59.7 Å². The molecule has 1 amide bonds. The van der Waals surface area contributed by atoms with Crippen LogP contribution in [0.2, 0.25) is 0 Å². The summed E-state index contributed by atoms with van der Waals surface area (Å²) in [5.74, 6) is 0.721. The summed E-state index contributed by atoms with van der Waals surface area (Å²) in [7, 11) is 3.43. The minimum Gasteiger partial charge on any atom is -0.496 e. The van der Waals surface area contributed by atoms with Crippen LogP contribution in [0.15, 0.2) is 48.5 Å². The Bertz CT molecular complexity index is 769. The number of hydrogen-bond acceptors (Lipinski definition) is 4. The third-order valence-corrected chi connectivity index (χ3v) is 4.59. The van der Waals surface area contributed by atoms with E-state index in [1.807, 2.05) is 50.1 Å². The molecule has 7 heteroatoms. The number of halogens is 2. The van der Waals surface area contributed by atoms with E-state index in [2.05, 4.69) is 10.1 Å². The van der Waals surface area contributed by atoms with Crippen LogP contribution in [0, 0.1) is 0 Å². The van der Waals surface area contributed by atoms with E-state index in [4.69, 9.17) is 4.74 Å². The first-order valence-electron chi connectivity index (χ1n) is 8.99. The Balaban J connectivity index is 1.94. The number of likely N-dealkylation sites (N-methyl/N-ethyl adjacent to an activating group) is 1. The molecule has 0 aliphatic carbocycles. The fourth-order valence-corrected chi connectivity index (χ4v) is 2.84. The quantitative estimate of drug-likeness (QED) is 0.701. The van der Waals surface area contributed by atoms with Crippen molar-refractivity contribution in [3.63, 3.8) is 0 Å². The number of nitrogens with one attached hydrogen (secondary N) is 1. The van der Waals surface area contributed by atoms with Gasteiger partial charge < -0.3 is 14.8 Å². The van der Waals surface area contributed by atoms with E-state index in [0.717, 1.165) is 16.9 Å². The third-order valence-electron chi connectivity index (χ3n) is 4.59. The Labute approximate surface area is 164 Å². The predicted octanol–water partition coefficient (Wildman–Crippen LogP) is 3.99. The molecule has 2 atom stereocenters. The molecule has 0 saturated heterocycles. The summed E-state index contributed by atoms with van der Waals surface area (Å²) < 4.78 is 34.1. The van der Waals surface area contributed by atoms with Crippen molar-refractivity contribution < 1.29 is 23.0 Å². The van der Waals surface area contributed by atoms with E-state index in [1.165, 1.54) is 12.1 Å². The summed E-state index contributed by atoms with van der Waals surface area (Å²) >= 11 is 0. The fraction of sp³-hybridized carbons (Fsp3) is 0.381. The van der Waals surface area contributed by atoms with Crippen molar-refractivity contribution in [2.75, 3.05) is 14.2 Å². The van der Waals surface area contributed by atoms with E-state index in [1.54, 1.807) is 19.2 Å². The average molecular weight is 392 g/mol. The number of para-hydroxylation sites is 1. The number of hydrogen-bond donors (Lipinski definition) is 1. The van der Waals surface area contributed by atoms with Gasteiger partial charge in [0.15, 0.2) is 0 Å². The highest BCUT2D eigenvalue weighted by atomic mass is 19.3. The standard InChI is InChI=1S/C21H26F2N2O3/c1-14(18-7-5-6-8-19(18)27-4)24-20(26)15(2)25(3)13-16-9-11-17(12-10-16)28-21(22)23/h5-12,14-15,21H,13H2,1-4H3,(H,24,26). The number of carbonyl (C=O) groups excluding carboxylic acids is 1. The molecule has 2 aromatic carbocycles. The van der Waals surface area contributed by atoms with Gasteiger partial charge in [-0.3, -0.25) is 9.69 Å². The van der Waals surface area contributed by atoms with Crippen LogP contribution >= 0.6 is 0 Å². The number of nitrogens with zero attached hydrogens (tertiary/aromatic N) is 1. The molecule has 0 bridgehead atoms. The Kier molecular flexibility index (Phi) is 7.75. The Morgan fingerprint density at radius 1 is 1.11 bits per heavy atom. The Hall–Kier alpha value is -2.67. The Morgan fingerprint density at radius 3 is 2.36 bits per heavy atom. The zero-order valence-corrected chi connectivity index (χ0v) is 16.5. The molecule has 5 nitrogen and oxygen atoms in total. The van der Waals surface area contributed by atoms with Gasteiger partial charge >= 0.3 is 6.61 Å².